The van der Waals surface area contributed by atoms with Crippen LogP contribution in [-0.2, 0) is 18.4 Å². The molecule has 1 aromatic heterocycles. The standard InChI is InChI=1S/C22H24N4O4/c1-23-17-8-4-3-7-16(17)21(28)26(22(23)29)15-20(27)25-13-11-24(12-14-25)18-9-5-6-10-19(18)30-2/h3-10H,11-15H2,1-2H3. The van der Waals surface area contributed by atoms with E-state index in [1.807, 2.05) is 24.3 Å². The van der Waals surface area contributed by atoms with Gasteiger partial charge >= 0.3 is 5.69 Å². The second-order valence-corrected chi connectivity index (χ2v) is 7.29. The number of hydrogen-bond donors (Lipinski definition) is 0. The third kappa shape index (κ3) is 3.45. The van der Waals surface area contributed by atoms with Crippen LogP contribution in [0.5, 0.6) is 5.75 Å². The Hall–Kier alpha value is -3.55. The average Bonchev–Trinajstić information content (AvgIpc) is 2.80. The molecule has 2 aromatic carbocycles. The molecule has 30 heavy (non-hydrogen) atoms. The van der Waals surface area contributed by atoms with Crippen molar-refractivity contribution >= 4 is 22.5 Å². The van der Waals surface area contributed by atoms with Crippen LogP contribution in [-0.4, -0.2) is 53.2 Å². The Morgan fingerprint density at radius 1 is 0.967 bits per heavy atom. The van der Waals surface area contributed by atoms with E-state index in [0.29, 0.717) is 37.1 Å². The van der Waals surface area contributed by atoms with Gasteiger partial charge in [0, 0.05) is 33.2 Å². The normalized spacial score (nSPS) is 14.2. The van der Waals surface area contributed by atoms with Gasteiger partial charge in [0.25, 0.3) is 5.56 Å². The molecule has 1 aliphatic rings. The minimum absolute atomic E-state index is 0.232. The first kappa shape index (κ1) is 19.8. The van der Waals surface area contributed by atoms with Crippen molar-refractivity contribution in [2.24, 2.45) is 7.05 Å². The number of benzene rings is 2. The van der Waals surface area contributed by atoms with Crippen molar-refractivity contribution in [3.8, 4) is 5.75 Å². The maximum absolute atomic E-state index is 12.9. The molecule has 2 heterocycles. The summed E-state index contributed by atoms with van der Waals surface area (Å²) >= 11 is 0. The van der Waals surface area contributed by atoms with Crippen LogP contribution in [0.15, 0.2) is 58.1 Å². The molecule has 1 amide bonds. The van der Waals surface area contributed by atoms with E-state index in [1.165, 1.54) is 4.57 Å². The van der Waals surface area contributed by atoms with Crippen molar-refractivity contribution in [3.05, 3.63) is 69.4 Å². The summed E-state index contributed by atoms with van der Waals surface area (Å²) in [6.07, 6.45) is 0. The van der Waals surface area contributed by atoms with Crippen LogP contribution in [0.25, 0.3) is 10.9 Å². The molecule has 0 unspecified atom stereocenters. The first-order valence-corrected chi connectivity index (χ1v) is 9.85. The van der Waals surface area contributed by atoms with E-state index in [9.17, 15) is 14.4 Å². The molecule has 0 bridgehead atoms. The van der Waals surface area contributed by atoms with E-state index in [1.54, 1.807) is 43.3 Å². The monoisotopic (exact) mass is 408 g/mol. The lowest BCUT2D eigenvalue weighted by Crippen LogP contribution is -2.51. The fourth-order valence-corrected chi connectivity index (χ4v) is 3.93. The fraction of sp³-hybridized carbons (Fsp3) is 0.318. The Morgan fingerprint density at radius 2 is 1.63 bits per heavy atom. The minimum Gasteiger partial charge on any atom is -0.495 e. The number of anilines is 1. The molecule has 0 saturated carbocycles. The molecule has 0 aliphatic carbocycles. The van der Waals surface area contributed by atoms with Gasteiger partial charge in [-0.05, 0) is 24.3 Å². The highest BCUT2D eigenvalue weighted by Gasteiger charge is 2.24. The quantitative estimate of drug-likeness (QED) is 0.645. The summed E-state index contributed by atoms with van der Waals surface area (Å²) in [7, 11) is 3.25. The molecule has 4 rings (SSSR count). The second-order valence-electron chi connectivity index (χ2n) is 7.29. The third-order valence-electron chi connectivity index (χ3n) is 5.61. The van der Waals surface area contributed by atoms with Crippen molar-refractivity contribution in [2.45, 2.75) is 6.54 Å². The molecule has 0 atom stereocenters. The largest absolute Gasteiger partial charge is 0.495 e. The predicted octanol–water partition coefficient (Wildman–Crippen LogP) is 1.06. The van der Waals surface area contributed by atoms with Crippen LogP contribution in [0.3, 0.4) is 0 Å². The molecule has 0 spiro atoms. The van der Waals surface area contributed by atoms with Gasteiger partial charge < -0.3 is 14.5 Å². The van der Waals surface area contributed by atoms with Crippen molar-refractivity contribution in [1.29, 1.82) is 0 Å². The SMILES string of the molecule is COc1ccccc1N1CCN(C(=O)Cn2c(=O)c3ccccc3n(C)c2=O)CC1. The van der Waals surface area contributed by atoms with Crippen LogP contribution in [0, 0.1) is 0 Å². The maximum atomic E-state index is 12.9. The zero-order valence-electron chi connectivity index (χ0n) is 17.1. The summed E-state index contributed by atoms with van der Waals surface area (Å²) in [5.41, 5.74) is 0.628. The summed E-state index contributed by atoms with van der Waals surface area (Å²) in [6.45, 7) is 2.07. The van der Waals surface area contributed by atoms with Gasteiger partial charge in [-0.2, -0.15) is 0 Å². The molecule has 3 aromatic rings. The first-order chi connectivity index (χ1) is 14.5. The Morgan fingerprint density at radius 3 is 2.37 bits per heavy atom. The zero-order chi connectivity index (χ0) is 21.3. The van der Waals surface area contributed by atoms with Gasteiger partial charge in [0.2, 0.25) is 5.91 Å². The number of methoxy groups -OCH3 is 1. The molecule has 156 valence electrons. The Balaban J connectivity index is 1.51. The third-order valence-corrected chi connectivity index (χ3v) is 5.61. The van der Waals surface area contributed by atoms with Crippen molar-refractivity contribution < 1.29 is 9.53 Å². The minimum atomic E-state index is -0.486. The van der Waals surface area contributed by atoms with Crippen LogP contribution in [0.2, 0.25) is 0 Å². The Bertz CT molecular complexity index is 1210. The number of fused-ring (bicyclic) bond motifs is 1. The first-order valence-electron chi connectivity index (χ1n) is 9.85. The van der Waals surface area contributed by atoms with Crippen molar-refractivity contribution in [1.82, 2.24) is 14.0 Å². The van der Waals surface area contributed by atoms with Gasteiger partial charge in [0.05, 0.1) is 23.7 Å². The number of carbonyl (C=O) groups is 1. The van der Waals surface area contributed by atoms with Crippen LogP contribution in [0.1, 0.15) is 0 Å². The number of carbonyl (C=O) groups excluding carboxylic acids is 1. The number of ether oxygens (including phenoxy) is 1. The van der Waals surface area contributed by atoms with Gasteiger partial charge in [-0.25, -0.2) is 4.79 Å². The number of amides is 1. The lowest BCUT2D eigenvalue weighted by Gasteiger charge is -2.36. The van der Waals surface area contributed by atoms with Gasteiger partial charge in [-0.3, -0.25) is 18.7 Å². The number of rotatable bonds is 4. The number of aryl methyl sites for hydroxylation is 1. The Kier molecular flexibility index (Phi) is 5.31. The number of para-hydroxylation sites is 3. The van der Waals surface area contributed by atoms with Crippen molar-refractivity contribution in [3.63, 3.8) is 0 Å². The van der Waals surface area contributed by atoms with E-state index in [2.05, 4.69) is 4.90 Å². The number of aromatic nitrogens is 2. The maximum Gasteiger partial charge on any atom is 0.331 e. The molecule has 8 nitrogen and oxygen atoms in total. The highest BCUT2D eigenvalue weighted by atomic mass is 16.5. The lowest BCUT2D eigenvalue weighted by atomic mass is 10.2. The van der Waals surface area contributed by atoms with E-state index >= 15 is 0 Å². The summed E-state index contributed by atoms with van der Waals surface area (Å²) in [5, 5.41) is 0.424. The van der Waals surface area contributed by atoms with E-state index < -0.39 is 11.2 Å². The van der Waals surface area contributed by atoms with E-state index in [0.717, 1.165) is 16.0 Å². The smallest absolute Gasteiger partial charge is 0.331 e. The van der Waals surface area contributed by atoms with Gasteiger partial charge in [0.15, 0.2) is 0 Å². The second kappa shape index (κ2) is 8.06. The van der Waals surface area contributed by atoms with E-state index in [-0.39, 0.29) is 12.5 Å². The average molecular weight is 408 g/mol. The molecular formula is C22H24N4O4. The fourth-order valence-electron chi connectivity index (χ4n) is 3.93. The predicted molar refractivity (Wildman–Crippen MR) is 115 cm³/mol. The number of hydrogen-bond acceptors (Lipinski definition) is 5. The number of piperazine rings is 1. The molecular weight excluding hydrogens is 384 g/mol. The summed E-state index contributed by atoms with van der Waals surface area (Å²) in [4.78, 5) is 42.2. The molecule has 1 saturated heterocycles. The molecule has 0 N–H and O–H groups in total. The zero-order valence-corrected chi connectivity index (χ0v) is 17.1. The highest BCUT2D eigenvalue weighted by Crippen LogP contribution is 2.28. The van der Waals surface area contributed by atoms with Gasteiger partial charge in [-0.15, -0.1) is 0 Å². The van der Waals surface area contributed by atoms with Crippen molar-refractivity contribution in [2.75, 3.05) is 38.2 Å². The topological polar surface area (TPSA) is 76.8 Å². The molecule has 0 radical (unpaired) electrons. The van der Waals surface area contributed by atoms with E-state index in [4.69, 9.17) is 4.74 Å². The summed E-state index contributed by atoms with van der Waals surface area (Å²) in [5.74, 6) is 0.563. The molecule has 8 heteroatoms. The van der Waals surface area contributed by atoms with Crippen LogP contribution >= 0.6 is 0 Å². The lowest BCUT2D eigenvalue weighted by molar-refractivity contribution is -0.132. The summed E-state index contributed by atoms with van der Waals surface area (Å²) < 4.78 is 7.86. The van der Waals surface area contributed by atoms with Gasteiger partial charge in [0.1, 0.15) is 12.3 Å². The van der Waals surface area contributed by atoms with Crippen LogP contribution in [0.4, 0.5) is 5.69 Å². The molecule has 1 fully saturated rings. The van der Waals surface area contributed by atoms with Gasteiger partial charge in [-0.1, -0.05) is 24.3 Å². The number of nitrogens with zero attached hydrogens (tertiary/aromatic N) is 4. The highest BCUT2D eigenvalue weighted by molar-refractivity contribution is 5.79. The summed E-state index contributed by atoms with van der Waals surface area (Å²) in [6, 6.07) is 14.7. The molecule has 1 aliphatic heterocycles. The van der Waals surface area contributed by atoms with Crippen LogP contribution < -0.4 is 20.9 Å². The Labute approximate surface area is 173 Å².